The number of ether oxygens (including phenoxy) is 1. The van der Waals surface area contributed by atoms with Crippen molar-refractivity contribution < 1.29 is 4.74 Å². The van der Waals surface area contributed by atoms with Gasteiger partial charge in [0.15, 0.2) is 5.96 Å². The second-order valence-electron chi connectivity index (χ2n) is 6.53. The minimum atomic E-state index is 0.494. The molecular weight excluding hydrogens is 348 g/mol. The number of hydrogen-bond donors (Lipinski definition) is 2. The first-order valence-electron chi connectivity index (χ1n) is 9.55. The average Bonchev–Trinajstić information content (AvgIpc) is 3.28. The Labute approximate surface area is 167 Å². The Morgan fingerprint density at radius 3 is 2.50 bits per heavy atom. The van der Waals surface area contributed by atoms with Crippen LogP contribution in [0.5, 0.6) is 5.75 Å². The summed E-state index contributed by atoms with van der Waals surface area (Å²) >= 11 is 0. The lowest BCUT2D eigenvalue weighted by molar-refractivity contribution is 0.358. The van der Waals surface area contributed by atoms with E-state index in [1.165, 1.54) is 11.3 Å². The van der Waals surface area contributed by atoms with Crippen molar-refractivity contribution >= 4 is 11.6 Å². The molecule has 2 N–H and O–H groups in total. The van der Waals surface area contributed by atoms with Crippen LogP contribution >= 0.6 is 0 Å². The van der Waals surface area contributed by atoms with Crippen LogP contribution in [-0.4, -0.2) is 32.7 Å². The highest BCUT2D eigenvalue weighted by molar-refractivity contribution is 5.79. The van der Waals surface area contributed by atoms with Crippen LogP contribution in [0.25, 0.3) is 0 Å². The summed E-state index contributed by atoms with van der Waals surface area (Å²) in [6.45, 7) is 7.52. The molecule has 0 radical (unpaired) electrons. The van der Waals surface area contributed by atoms with Crippen molar-refractivity contribution in [2.45, 2.75) is 13.1 Å². The van der Waals surface area contributed by atoms with Crippen molar-refractivity contribution in [3.63, 3.8) is 0 Å². The van der Waals surface area contributed by atoms with Gasteiger partial charge in [-0.25, -0.2) is 0 Å². The minimum absolute atomic E-state index is 0.494. The molecule has 146 valence electrons. The zero-order chi connectivity index (χ0) is 19.6. The maximum absolute atomic E-state index is 5.71. The third-order valence-corrected chi connectivity index (χ3v) is 4.58. The van der Waals surface area contributed by atoms with Crippen molar-refractivity contribution in [1.29, 1.82) is 0 Å². The van der Waals surface area contributed by atoms with Gasteiger partial charge in [-0.2, -0.15) is 0 Å². The molecule has 28 heavy (non-hydrogen) atoms. The standard InChI is InChI=1S/C23H28N4O/c1-3-16-28-22-9-5-4-8-20(22)18-26-23(24-2)25-17-19-10-12-21(13-11-19)27-14-6-7-15-27/h3-13H,1,14-18H2,2H3,(H2,24,25,26). The van der Waals surface area contributed by atoms with Gasteiger partial charge in [0, 0.05) is 44.5 Å². The lowest BCUT2D eigenvalue weighted by atomic mass is 10.2. The third kappa shape index (κ3) is 5.39. The Morgan fingerprint density at radius 2 is 1.79 bits per heavy atom. The topological polar surface area (TPSA) is 48.9 Å². The predicted octanol–water partition coefficient (Wildman–Crippen LogP) is 3.49. The van der Waals surface area contributed by atoms with Crippen molar-refractivity contribution in [3.05, 3.63) is 84.5 Å². The van der Waals surface area contributed by atoms with Crippen LogP contribution in [0.3, 0.4) is 0 Å². The molecule has 0 aromatic heterocycles. The molecule has 0 fully saturated rings. The molecule has 5 nitrogen and oxygen atoms in total. The maximum Gasteiger partial charge on any atom is 0.191 e. The highest BCUT2D eigenvalue weighted by Crippen LogP contribution is 2.18. The molecule has 0 amide bonds. The lowest BCUT2D eigenvalue weighted by Gasteiger charge is -2.18. The molecule has 0 spiro atoms. The van der Waals surface area contributed by atoms with E-state index in [0.717, 1.165) is 30.4 Å². The number of hydrogen-bond acceptors (Lipinski definition) is 3. The van der Waals surface area contributed by atoms with Gasteiger partial charge in [-0.1, -0.05) is 55.1 Å². The summed E-state index contributed by atoms with van der Waals surface area (Å²) in [5.74, 6) is 1.61. The number of aliphatic imine (C=N–C) groups is 1. The summed E-state index contributed by atoms with van der Waals surface area (Å²) in [7, 11) is 1.78. The summed E-state index contributed by atoms with van der Waals surface area (Å²) in [5, 5.41) is 6.71. The van der Waals surface area contributed by atoms with E-state index < -0.39 is 0 Å². The van der Waals surface area contributed by atoms with Crippen molar-refractivity contribution in [3.8, 4) is 5.75 Å². The van der Waals surface area contributed by atoms with Gasteiger partial charge in [0.2, 0.25) is 0 Å². The van der Waals surface area contributed by atoms with E-state index in [4.69, 9.17) is 4.74 Å². The zero-order valence-corrected chi connectivity index (χ0v) is 16.4. The van der Waals surface area contributed by atoms with E-state index >= 15 is 0 Å². The summed E-state index contributed by atoms with van der Waals surface area (Å²) in [6, 6.07) is 16.7. The summed E-state index contributed by atoms with van der Waals surface area (Å²) < 4.78 is 5.71. The smallest absolute Gasteiger partial charge is 0.191 e. The quantitative estimate of drug-likeness (QED) is 0.421. The minimum Gasteiger partial charge on any atom is -0.489 e. The second-order valence-corrected chi connectivity index (χ2v) is 6.53. The average molecular weight is 377 g/mol. The number of rotatable bonds is 8. The normalized spacial score (nSPS) is 13.5. The molecule has 0 atom stereocenters. The van der Waals surface area contributed by atoms with E-state index in [1.807, 2.05) is 24.3 Å². The number of para-hydroxylation sites is 1. The van der Waals surface area contributed by atoms with Gasteiger partial charge in [0.1, 0.15) is 12.4 Å². The maximum atomic E-state index is 5.71. The molecule has 0 saturated heterocycles. The van der Waals surface area contributed by atoms with E-state index in [-0.39, 0.29) is 0 Å². The van der Waals surface area contributed by atoms with Crippen molar-refractivity contribution in [2.24, 2.45) is 4.99 Å². The molecule has 0 aliphatic carbocycles. The fraction of sp³-hybridized carbons (Fsp3) is 0.261. The largest absolute Gasteiger partial charge is 0.489 e. The fourth-order valence-corrected chi connectivity index (χ4v) is 3.04. The molecule has 2 aromatic carbocycles. The van der Waals surface area contributed by atoms with Crippen LogP contribution in [0.15, 0.2) is 78.3 Å². The molecule has 1 aliphatic rings. The monoisotopic (exact) mass is 376 g/mol. The van der Waals surface area contributed by atoms with E-state index in [1.54, 1.807) is 13.1 Å². The van der Waals surface area contributed by atoms with E-state index in [9.17, 15) is 0 Å². The first kappa shape index (κ1) is 19.5. The van der Waals surface area contributed by atoms with Crippen LogP contribution in [0.4, 0.5) is 5.69 Å². The number of nitrogens with zero attached hydrogens (tertiary/aromatic N) is 2. The Kier molecular flexibility index (Phi) is 7.13. The van der Waals surface area contributed by atoms with Gasteiger partial charge in [-0.3, -0.25) is 4.99 Å². The molecule has 0 saturated carbocycles. The van der Waals surface area contributed by atoms with Gasteiger partial charge >= 0.3 is 0 Å². The Hall–Kier alpha value is -3.21. The number of benzene rings is 2. The van der Waals surface area contributed by atoms with Crippen LogP contribution in [0.1, 0.15) is 11.1 Å². The first-order valence-corrected chi connectivity index (χ1v) is 9.55. The molecule has 2 aromatic rings. The van der Waals surface area contributed by atoms with E-state index in [0.29, 0.717) is 19.7 Å². The molecule has 0 unspecified atom stereocenters. The molecule has 5 heteroatoms. The number of nitrogens with one attached hydrogen (secondary N) is 2. The Bertz CT molecular complexity index is 819. The Morgan fingerprint density at radius 1 is 1.07 bits per heavy atom. The lowest BCUT2D eigenvalue weighted by Crippen LogP contribution is -2.36. The van der Waals surface area contributed by atoms with Crippen LogP contribution in [0, 0.1) is 0 Å². The summed E-state index contributed by atoms with van der Waals surface area (Å²) in [4.78, 5) is 6.65. The van der Waals surface area contributed by atoms with Gasteiger partial charge < -0.3 is 20.3 Å². The van der Waals surface area contributed by atoms with Crippen LogP contribution in [0.2, 0.25) is 0 Å². The zero-order valence-electron chi connectivity index (χ0n) is 16.4. The number of anilines is 1. The molecule has 1 heterocycles. The molecule has 3 rings (SSSR count). The van der Waals surface area contributed by atoms with Crippen molar-refractivity contribution in [1.82, 2.24) is 10.6 Å². The molecular formula is C23H28N4O. The van der Waals surface area contributed by atoms with Crippen LogP contribution in [-0.2, 0) is 13.1 Å². The first-order chi connectivity index (χ1) is 13.8. The fourth-order valence-electron chi connectivity index (χ4n) is 3.04. The SMILES string of the molecule is C=CCOc1ccccc1CNC(=NC)NCc1ccc(N2CC=CC2)cc1. The van der Waals surface area contributed by atoms with Gasteiger partial charge in [-0.15, -0.1) is 0 Å². The van der Waals surface area contributed by atoms with Crippen LogP contribution < -0.4 is 20.3 Å². The highest BCUT2D eigenvalue weighted by Gasteiger charge is 2.07. The number of guanidine groups is 1. The van der Waals surface area contributed by atoms with Gasteiger partial charge in [0.05, 0.1) is 0 Å². The summed E-state index contributed by atoms with van der Waals surface area (Å²) in [6.07, 6.45) is 6.15. The van der Waals surface area contributed by atoms with Crippen molar-refractivity contribution in [2.75, 3.05) is 31.6 Å². The molecule has 1 aliphatic heterocycles. The predicted molar refractivity (Wildman–Crippen MR) is 117 cm³/mol. The second kappa shape index (κ2) is 10.2. The molecule has 0 bridgehead atoms. The Balaban J connectivity index is 1.50. The third-order valence-electron chi connectivity index (χ3n) is 4.58. The summed E-state index contributed by atoms with van der Waals surface area (Å²) in [5.41, 5.74) is 3.55. The van der Waals surface area contributed by atoms with Gasteiger partial charge in [0.25, 0.3) is 0 Å². The highest BCUT2D eigenvalue weighted by atomic mass is 16.5. The van der Waals surface area contributed by atoms with E-state index in [2.05, 4.69) is 63.5 Å². The van der Waals surface area contributed by atoms with Gasteiger partial charge in [-0.05, 0) is 23.8 Å².